The third kappa shape index (κ3) is 2.31. The second kappa shape index (κ2) is 3.49. The molecule has 1 N–H and O–H groups in total. The van der Waals surface area contributed by atoms with Gasteiger partial charge < -0.3 is 5.11 Å². The predicted octanol–water partition coefficient (Wildman–Crippen LogP) is 1.07. The van der Waals surface area contributed by atoms with E-state index < -0.39 is 6.10 Å². The lowest BCUT2D eigenvalue weighted by molar-refractivity contribution is -0.121. The van der Waals surface area contributed by atoms with Crippen LogP contribution in [-0.2, 0) is 4.79 Å². The van der Waals surface area contributed by atoms with Gasteiger partial charge in [0.2, 0.25) is 0 Å². The van der Waals surface area contributed by atoms with Gasteiger partial charge in [-0.2, -0.15) is 0 Å². The quantitative estimate of drug-likeness (QED) is 0.656. The fourth-order valence-corrected chi connectivity index (χ4v) is 1.07. The Hall–Kier alpha value is -0.890. The summed E-state index contributed by atoms with van der Waals surface area (Å²) in [5.41, 5.74) is 0. The van der Waals surface area contributed by atoms with Crippen LogP contribution in [0.3, 0.4) is 0 Å². The number of carbonyl (C=O) groups is 1. The second-order valence-electron chi connectivity index (χ2n) is 2.82. The molecule has 1 unspecified atom stereocenters. The molecule has 1 aliphatic carbocycles. The average molecular weight is 152 g/mol. The third-order valence-electron chi connectivity index (χ3n) is 1.62. The zero-order valence-electron chi connectivity index (χ0n) is 6.53. The number of hydrogen-bond acceptors (Lipinski definition) is 2. The number of ketones is 1. The van der Waals surface area contributed by atoms with E-state index in [2.05, 4.69) is 0 Å². The lowest BCUT2D eigenvalue weighted by Crippen LogP contribution is -2.15. The van der Waals surface area contributed by atoms with Crippen LogP contribution in [0.1, 0.15) is 13.3 Å². The van der Waals surface area contributed by atoms with Gasteiger partial charge in [-0.05, 0) is 6.92 Å². The van der Waals surface area contributed by atoms with E-state index in [1.54, 1.807) is 6.92 Å². The fourth-order valence-electron chi connectivity index (χ4n) is 1.07. The normalized spacial score (nSPS) is 19.1. The summed E-state index contributed by atoms with van der Waals surface area (Å²) in [4.78, 5) is 11.2. The van der Waals surface area contributed by atoms with Gasteiger partial charge in [0, 0.05) is 6.42 Å². The van der Waals surface area contributed by atoms with Crippen LogP contribution in [0.15, 0.2) is 24.3 Å². The van der Waals surface area contributed by atoms with Crippen LogP contribution < -0.4 is 0 Å². The highest BCUT2D eigenvalue weighted by Gasteiger charge is 2.15. The van der Waals surface area contributed by atoms with Gasteiger partial charge in [-0.3, -0.25) is 4.79 Å². The smallest absolute Gasteiger partial charge is 0.146 e. The minimum Gasteiger partial charge on any atom is -0.393 e. The first kappa shape index (κ1) is 8.21. The van der Waals surface area contributed by atoms with Crippen LogP contribution in [0.25, 0.3) is 0 Å². The van der Waals surface area contributed by atoms with Gasteiger partial charge in [-0.15, -0.1) is 0 Å². The number of Topliss-reactive ketones (excluding diaryl/α,β-unsaturated/α-hetero) is 1. The maximum Gasteiger partial charge on any atom is 0.146 e. The summed E-state index contributed by atoms with van der Waals surface area (Å²) in [6.07, 6.45) is 7.11. The van der Waals surface area contributed by atoms with E-state index in [4.69, 9.17) is 5.11 Å². The fraction of sp³-hybridized carbons (Fsp3) is 0.444. The number of carbonyl (C=O) groups excluding carboxylic acids is 1. The molecule has 0 saturated carbocycles. The summed E-state index contributed by atoms with van der Waals surface area (Å²) < 4.78 is 0. The molecule has 2 heteroatoms. The Morgan fingerprint density at radius 1 is 1.55 bits per heavy atom. The van der Waals surface area contributed by atoms with Gasteiger partial charge in [0.15, 0.2) is 0 Å². The van der Waals surface area contributed by atoms with Crippen LogP contribution >= 0.6 is 0 Å². The highest BCUT2D eigenvalue weighted by molar-refractivity contribution is 5.85. The summed E-state index contributed by atoms with van der Waals surface area (Å²) >= 11 is 0. The maximum absolute atomic E-state index is 11.2. The second-order valence-corrected chi connectivity index (χ2v) is 2.82. The molecule has 1 atom stereocenters. The number of allylic oxidation sites excluding steroid dienone is 4. The van der Waals surface area contributed by atoms with Crippen molar-refractivity contribution in [3.63, 3.8) is 0 Å². The molecule has 0 bridgehead atoms. The Morgan fingerprint density at radius 2 is 2.09 bits per heavy atom. The van der Waals surface area contributed by atoms with Crippen molar-refractivity contribution >= 4 is 5.78 Å². The Labute approximate surface area is 66.2 Å². The lowest BCUT2D eigenvalue weighted by Gasteiger charge is -2.05. The largest absolute Gasteiger partial charge is 0.393 e. The van der Waals surface area contributed by atoms with Crippen molar-refractivity contribution in [2.75, 3.05) is 0 Å². The van der Waals surface area contributed by atoms with E-state index in [0.29, 0.717) is 0 Å². The first-order valence-electron chi connectivity index (χ1n) is 3.76. The van der Waals surface area contributed by atoms with Crippen molar-refractivity contribution in [1.82, 2.24) is 0 Å². The summed E-state index contributed by atoms with van der Waals surface area (Å²) in [5, 5.41) is 8.91. The van der Waals surface area contributed by atoms with Gasteiger partial charge in [-0.1, -0.05) is 24.3 Å². The van der Waals surface area contributed by atoms with Gasteiger partial charge >= 0.3 is 0 Å². The molecule has 11 heavy (non-hydrogen) atoms. The molecule has 2 nitrogen and oxygen atoms in total. The van der Waals surface area contributed by atoms with E-state index in [1.165, 1.54) is 0 Å². The molecular formula is C9H12O2. The lowest BCUT2D eigenvalue weighted by atomic mass is 10.0. The molecule has 0 amide bonds. The van der Waals surface area contributed by atoms with Crippen molar-refractivity contribution in [3.8, 4) is 0 Å². The molecule has 0 spiro atoms. The Morgan fingerprint density at radius 3 is 2.55 bits per heavy atom. The van der Waals surface area contributed by atoms with Crippen molar-refractivity contribution in [3.05, 3.63) is 24.3 Å². The van der Waals surface area contributed by atoms with E-state index in [9.17, 15) is 4.79 Å². The molecule has 1 aliphatic rings. The first-order chi connectivity index (χ1) is 5.20. The highest BCUT2D eigenvalue weighted by atomic mass is 16.3. The molecule has 60 valence electrons. The summed E-state index contributed by atoms with van der Waals surface area (Å²) in [7, 11) is 0. The van der Waals surface area contributed by atoms with E-state index >= 15 is 0 Å². The summed E-state index contributed by atoms with van der Waals surface area (Å²) in [6, 6.07) is 0. The molecule has 0 fully saturated rings. The molecule has 0 aromatic carbocycles. The molecule has 0 heterocycles. The van der Waals surface area contributed by atoms with E-state index in [-0.39, 0.29) is 18.1 Å². The SMILES string of the molecule is CC(O)CC(=O)C1C=CC=C1. The Bertz CT molecular complexity index is 190. The van der Waals surface area contributed by atoms with Crippen LogP contribution in [0, 0.1) is 5.92 Å². The molecule has 0 aliphatic heterocycles. The van der Waals surface area contributed by atoms with Gasteiger partial charge in [0.05, 0.1) is 12.0 Å². The van der Waals surface area contributed by atoms with Crippen LogP contribution in [0.2, 0.25) is 0 Å². The van der Waals surface area contributed by atoms with Crippen molar-refractivity contribution in [2.24, 2.45) is 5.92 Å². The van der Waals surface area contributed by atoms with Crippen LogP contribution in [0.4, 0.5) is 0 Å². The molecule has 0 saturated heterocycles. The van der Waals surface area contributed by atoms with Gasteiger partial charge in [0.1, 0.15) is 5.78 Å². The maximum atomic E-state index is 11.2. The van der Waals surface area contributed by atoms with Gasteiger partial charge in [0.25, 0.3) is 0 Å². The van der Waals surface area contributed by atoms with Gasteiger partial charge in [-0.25, -0.2) is 0 Å². The number of rotatable bonds is 3. The average Bonchev–Trinajstić information content (AvgIpc) is 2.35. The summed E-state index contributed by atoms with van der Waals surface area (Å²) in [6.45, 7) is 1.63. The number of hydrogen-bond donors (Lipinski definition) is 1. The van der Waals surface area contributed by atoms with E-state index in [0.717, 1.165) is 0 Å². The Kier molecular flexibility index (Phi) is 2.60. The number of aliphatic hydroxyl groups is 1. The topological polar surface area (TPSA) is 37.3 Å². The third-order valence-corrected chi connectivity index (χ3v) is 1.62. The monoisotopic (exact) mass is 152 g/mol. The minimum absolute atomic E-state index is 0.0880. The van der Waals surface area contributed by atoms with Crippen LogP contribution in [-0.4, -0.2) is 17.0 Å². The molecule has 0 aromatic heterocycles. The Balaban J connectivity index is 2.42. The van der Waals surface area contributed by atoms with Crippen molar-refractivity contribution in [1.29, 1.82) is 0 Å². The number of aliphatic hydroxyl groups excluding tert-OH is 1. The first-order valence-corrected chi connectivity index (χ1v) is 3.76. The predicted molar refractivity (Wildman–Crippen MR) is 43.1 cm³/mol. The molecule has 0 aromatic rings. The summed E-state index contributed by atoms with van der Waals surface area (Å²) in [5.74, 6) is -0.00500. The molecule has 0 radical (unpaired) electrons. The zero-order chi connectivity index (χ0) is 8.27. The van der Waals surface area contributed by atoms with Crippen LogP contribution in [0.5, 0.6) is 0 Å². The van der Waals surface area contributed by atoms with Crippen molar-refractivity contribution in [2.45, 2.75) is 19.4 Å². The molecule has 1 rings (SSSR count). The minimum atomic E-state index is -0.523. The van der Waals surface area contributed by atoms with E-state index in [1.807, 2.05) is 24.3 Å². The highest BCUT2D eigenvalue weighted by Crippen LogP contribution is 2.12. The molecular weight excluding hydrogens is 140 g/mol. The van der Waals surface area contributed by atoms with Crippen molar-refractivity contribution < 1.29 is 9.90 Å². The standard InChI is InChI=1S/C9H12O2/c1-7(10)6-9(11)8-4-2-3-5-8/h2-5,7-8,10H,6H2,1H3. The zero-order valence-corrected chi connectivity index (χ0v) is 6.53.